The van der Waals surface area contributed by atoms with Gasteiger partial charge in [0, 0.05) is 18.2 Å². The van der Waals surface area contributed by atoms with Crippen LogP contribution in [0, 0.1) is 0 Å². The molecule has 1 aliphatic rings. The molecule has 8 nitrogen and oxygen atoms in total. The average Bonchev–Trinajstić information content (AvgIpc) is 2.80. The average molecular weight is 438 g/mol. The summed E-state index contributed by atoms with van der Waals surface area (Å²) >= 11 is 0. The van der Waals surface area contributed by atoms with Crippen LogP contribution in [-0.2, 0) is 9.53 Å². The molecular weight excluding hydrogens is 412 g/mol. The third kappa shape index (κ3) is 4.74. The fourth-order valence-corrected chi connectivity index (χ4v) is 3.46. The first-order valence-corrected chi connectivity index (χ1v) is 10.2. The minimum atomic E-state index is -0.771. The van der Waals surface area contributed by atoms with Gasteiger partial charge in [-0.3, -0.25) is 9.69 Å². The molecule has 0 saturated heterocycles. The summed E-state index contributed by atoms with van der Waals surface area (Å²) in [6.07, 6.45) is 0. The summed E-state index contributed by atoms with van der Waals surface area (Å²) < 4.78 is 16.6. The highest BCUT2D eigenvalue weighted by molar-refractivity contribution is 5.95. The van der Waals surface area contributed by atoms with E-state index in [-0.39, 0.29) is 30.6 Å². The van der Waals surface area contributed by atoms with E-state index in [9.17, 15) is 14.4 Å². The molecule has 0 radical (unpaired) electrons. The largest absolute Gasteiger partial charge is 0.496 e. The molecule has 2 aromatic rings. The minimum absolute atomic E-state index is 0.0489. The van der Waals surface area contributed by atoms with Crippen molar-refractivity contribution in [1.29, 1.82) is 0 Å². The smallest absolute Gasteiger partial charge is 0.338 e. The lowest BCUT2D eigenvalue weighted by atomic mass is 9.94. The van der Waals surface area contributed by atoms with E-state index in [4.69, 9.17) is 14.2 Å². The van der Waals surface area contributed by atoms with Crippen LogP contribution in [0.3, 0.4) is 0 Å². The summed E-state index contributed by atoms with van der Waals surface area (Å²) in [7, 11) is 3.09. The maximum absolute atomic E-state index is 13.0. The summed E-state index contributed by atoms with van der Waals surface area (Å²) in [4.78, 5) is 38.5. The number of amides is 2. The Morgan fingerprint density at radius 3 is 2.41 bits per heavy atom. The third-order valence-corrected chi connectivity index (χ3v) is 5.16. The predicted molar refractivity (Wildman–Crippen MR) is 118 cm³/mol. The number of benzene rings is 2. The Kier molecular flexibility index (Phi) is 7.14. The molecule has 0 aliphatic carbocycles. The summed E-state index contributed by atoms with van der Waals surface area (Å²) in [6.45, 7) is 3.33. The van der Waals surface area contributed by atoms with Crippen molar-refractivity contribution >= 4 is 17.8 Å². The molecule has 0 saturated carbocycles. The number of carbonyl (C=O) groups is 3. The van der Waals surface area contributed by atoms with Crippen LogP contribution in [0.5, 0.6) is 11.5 Å². The molecule has 3 rings (SSSR count). The van der Waals surface area contributed by atoms with Crippen molar-refractivity contribution in [2.24, 2.45) is 0 Å². The molecule has 8 heteroatoms. The van der Waals surface area contributed by atoms with Crippen LogP contribution in [0.2, 0.25) is 0 Å². The summed E-state index contributed by atoms with van der Waals surface area (Å²) in [5, 5.41) is 2.85. The number of hydrogen-bond acceptors (Lipinski definition) is 6. The van der Waals surface area contributed by atoms with Gasteiger partial charge in [0.2, 0.25) is 0 Å². The SMILES string of the molecule is CCOC(=O)C1=C(COc2ccc(C(C)=O)cc2)N(C)C(=O)N[C@@H]1c1ccccc1OC. The van der Waals surface area contributed by atoms with Gasteiger partial charge in [-0.15, -0.1) is 0 Å². The molecule has 168 valence electrons. The van der Waals surface area contributed by atoms with Gasteiger partial charge in [-0.25, -0.2) is 9.59 Å². The first-order valence-electron chi connectivity index (χ1n) is 10.2. The zero-order valence-electron chi connectivity index (χ0n) is 18.5. The van der Waals surface area contributed by atoms with Gasteiger partial charge in [0.05, 0.1) is 31.0 Å². The summed E-state index contributed by atoms with van der Waals surface area (Å²) in [5.41, 5.74) is 1.83. The number of carbonyl (C=O) groups excluding carboxylic acids is 3. The zero-order valence-corrected chi connectivity index (χ0v) is 18.5. The van der Waals surface area contributed by atoms with Gasteiger partial charge >= 0.3 is 12.0 Å². The molecule has 0 aromatic heterocycles. The van der Waals surface area contributed by atoms with Gasteiger partial charge in [0.15, 0.2) is 5.78 Å². The van der Waals surface area contributed by atoms with E-state index in [1.807, 2.05) is 6.07 Å². The second-order valence-corrected chi connectivity index (χ2v) is 7.13. The number of ether oxygens (including phenoxy) is 3. The number of nitrogens with one attached hydrogen (secondary N) is 1. The number of nitrogens with zero attached hydrogens (tertiary/aromatic N) is 1. The van der Waals surface area contributed by atoms with E-state index in [2.05, 4.69) is 5.32 Å². The Bertz CT molecular complexity index is 1040. The van der Waals surface area contributed by atoms with Gasteiger partial charge in [-0.2, -0.15) is 0 Å². The molecule has 1 N–H and O–H groups in total. The number of rotatable bonds is 8. The van der Waals surface area contributed by atoms with Crippen molar-refractivity contribution in [3.63, 3.8) is 0 Å². The molecule has 32 heavy (non-hydrogen) atoms. The molecule has 2 amide bonds. The first kappa shape index (κ1) is 22.9. The van der Waals surface area contributed by atoms with E-state index < -0.39 is 12.0 Å². The van der Waals surface area contributed by atoms with Gasteiger partial charge in [-0.05, 0) is 44.2 Å². The van der Waals surface area contributed by atoms with Crippen molar-refractivity contribution in [3.8, 4) is 11.5 Å². The lowest BCUT2D eigenvalue weighted by molar-refractivity contribution is -0.139. The highest BCUT2D eigenvalue weighted by Crippen LogP contribution is 2.35. The number of para-hydroxylation sites is 1. The molecule has 0 fully saturated rings. The number of hydrogen-bond donors (Lipinski definition) is 1. The number of ketones is 1. The number of esters is 1. The number of urea groups is 1. The van der Waals surface area contributed by atoms with Crippen LogP contribution in [0.15, 0.2) is 59.8 Å². The highest BCUT2D eigenvalue weighted by Gasteiger charge is 2.38. The molecule has 2 aromatic carbocycles. The Morgan fingerprint density at radius 2 is 1.78 bits per heavy atom. The third-order valence-electron chi connectivity index (χ3n) is 5.16. The molecule has 1 aliphatic heterocycles. The van der Waals surface area contributed by atoms with Gasteiger partial charge in [0.25, 0.3) is 0 Å². The summed E-state index contributed by atoms with van der Waals surface area (Å²) in [5.74, 6) is 0.427. The summed E-state index contributed by atoms with van der Waals surface area (Å²) in [6, 6.07) is 12.7. The van der Waals surface area contributed by atoms with Crippen LogP contribution < -0.4 is 14.8 Å². The number of methoxy groups -OCH3 is 1. The minimum Gasteiger partial charge on any atom is -0.496 e. The standard InChI is InChI=1S/C24H26N2O6/c1-5-31-23(28)21-19(14-32-17-12-10-16(11-13-17)15(2)27)26(3)24(29)25-22(21)18-8-6-7-9-20(18)30-4/h6-13,22H,5,14H2,1-4H3,(H,25,29)/t22-/m1/s1. The predicted octanol–water partition coefficient (Wildman–Crippen LogP) is 3.49. The Hall–Kier alpha value is -3.81. The topological polar surface area (TPSA) is 94.2 Å². The maximum Gasteiger partial charge on any atom is 0.338 e. The van der Waals surface area contributed by atoms with E-state index in [0.717, 1.165) is 0 Å². The monoisotopic (exact) mass is 438 g/mol. The second kappa shape index (κ2) is 10.00. The van der Waals surface area contributed by atoms with Crippen LogP contribution >= 0.6 is 0 Å². The highest BCUT2D eigenvalue weighted by atomic mass is 16.5. The van der Waals surface area contributed by atoms with Crippen LogP contribution in [0.25, 0.3) is 0 Å². The van der Waals surface area contributed by atoms with Gasteiger partial charge < -0.3 is 19.5 Å². The van der Waals surface area contributed by atoms with Gasteiger partial charge in [0.1, 0.15) is 18.1 Å². The Balaban J connectivity index is 2.02. The molecule has 1 atom stereocenters. The second-order valence-electron chi connectivity index (χ2n) is 7.13. The van der Waals surface area contributed by atoms with Crippen molar-refractivity contribution in [2.75, 3.05) is 27.4 Å². The normalized spacial score (nSPS) is 15.8. The molecule has 0 spiro atoms. The molecule has 0 bridgehead atoms. The zero-order chi connectivity index (χ0) is 23.3. The number of Topliss-reactive ketones (excluding diaryl/α,β-unsaturated/α-hetero) is 1. The van der Waals surface area contributed by atoms with Crippen LogP contribution in [-0.4, -0.2) is 50.1 Å². The van der Waals surface area contributed by atoms with Crippen molar-refractivity contribution in [2.45, 2.75) is 19.9 Å². The Labute approximate surface area is 186 Å². The van der Waals surface area contributed by atoms with E-state index in [1.54, 1.807) is 56.4 Å². The Morgan fingerprint density at radius 1 is 1.09 bits per heavy atom. The molecule has 0 unspecified atom stereocenters. The van der Waals surface area contributed by atoms with Gasteiger partial charge in [-0.1, -0.05) is 18.2 Å². The lowest BCUT2D eigenvalue weighted by Gasteiger charge is -2.34. The first-order chi connectivity index (χ1) is 15.4. The van der Waals surface area contributed by atoms with Crippen LogP contribution in [0.4, 0.5) is 4.79 Å². The quantitative estimate of drug-likeness (QED) is 0.501. The molecule has 1 heterocycles. The van der Waals surface area contributed by atoms with Crippen molar-refractivity contribution in [3.05, 3.63) is 70.9 Å². The number of likely N-dealkylation sites (N-methyl/N-ethyl adjacent to an activating group) is 1. The van der Waals surface area contributed by atoms with E-state index in [0.29, 0.717) is 28.3 Å². The fourth-order valence-electron chi connectivity index (χ4n) is 3.46. The van der Waals surface area contributed by atoms with E-state index in [1.165, 1.54) is 18.9 Å². The van der Waals surface area contributed by atoms with Crippen molar-refractivity contribution in [1.82, 2.24) is 10.2 Å². The van der Waals surface area contributed by atoms with Crippen LogP contribution in [0.1, 0.15) is 35.8 Å². The fraction of sp³-hybridized carbons (Fsp3) is 0.292. The maximum atomic E-state index is 13.0. The van der Waals surface area contributed by atoms with E-state index >= 15 is 0 Å². The molecular formula is C24H26N2O6. The van der Waals surface area contributed by atoms with Crippen molar-refractivity contribution < 1.29 is 28.6 Å². The lowest BCUT2D eigenvalue weighted by Crippen LogP contribution is -2.48.